The van der Waals surface area contributed by atoms with Gasteiger partial charge in [0.2, 0.25) is 10.0 Å². The van der Waals surface area contributed by atoms with Crippen LogP contribution in [-0.4, -0.2) is 44.7 Å². The molecular weight excluding hydrogens is 400 g/mol. The molecule has 1 heterocycles. The third-order valence-corrected chi connectivity index (χ3v) is 6.85. The molecule has 0 saturated carbocycles. The Labute approximate surface area is 169 Å². The third kappa shape index (κ3) is 3.65. The average molecular weight is 421 g/mol. The largest absolute Gasteiger partial charge is 0.459 e. The van der Waals surface area contributed by atoms with E-state index in [1.54, 1.807) is 7.05 Å². The molecule has 0 aliphatic carbocycles. The predicted molar refractivity (Wildman–Crippen MR) is 109 cm³/mol. The van der Waals surface area contributed by atoms with Gasteiger partial charge in [0, 0.05) is 26.5 Å². The van der Waals surface area contributed by atoms with Crippen molar-refractivity contribution in [3.8, 4) is 0 Å². The Morgan fingerprint density at radius 3 is 2.39 bits per heavy atom. The highest BCUT2D eigenvalue weighted by molar-refractivity contribution is 7.89. The highest BCUT2D eigenvalue weighted by Gasteiger charge is 2.26. The lowest BCUT2D eigenvalue weighted by Gasteiger charge is -2.24. The molecule has 1 atom stereocenters. The molecule has 0 aliphatic heterocycles. The lowest BCUT2D eigenvalue weighted by molar-refractivity contribution is 0.0727. The van der Waals surface area contributed by atoms with Gasteiger partial charge in [-0.2, -0.15) is 0 Å². The SMILES string of the molecule is CC(c1cc2ccccc2o1)N(C)C(=O)c1cc(S(=O)(=O)N(C)C)ccc1Cl. The number of hydrogen-bond donors (Lipinski definition) is 0. The van der Waals surface area contributed by atoms with Crippen molar-refractivity contribution in [1.29, 1.82) is 0 Å². The van der Waals surface area contributed by atoms with Crippen molar-refractivity contribution in [3.05, 3.63) is 64.9 Å². The number of benzene rings is 2. The predicted octanol–water partition coefficient (Wildman–Crippen LogP) is 4.17. The van der Waals surface area contributed by atoms with E-state index in [1.165, 1.54) is 37.2 Å². The molecule has 148 valence electrons. The van der Waals surface area contributed by atoms with Gasteiger partial charge < -0.3 is 9.32 Å². The summed E-state index contributed by atoms with van der Waals surface area (Å²) in [4.78, 5) is 14.5. The molecule has 0 radical (unpaired) electrons. The van der Waals surface area contributed by atoms with Gasteiger partial charge >= 0.3 is 0 Å². The monoisotopic (exact) mass is 420 g/mol. The van der Waals surface area contributed by atoms with E-state index < -0.39 is 15.9 Å². The van der Waals surface area contributed by atoms with Gasteiger partial charge in [0.25, 0.3) is 5.91 Å². The number of furan rings is 1. The molecule has 3 rings (SSSR count). The fourth-order valence-electron chi connectivity index (χ4n) is 2.80. The second kappa shape index (κ2) is 7.58. The molecule has 8 heteroatoms. The zero-order valence-corrected chi connectivity index (χ0v) is 17.6. The van der Waals surface area contributed by atoms with Crippen LogP contribution in [0.25, 0.3) is 11.0 Å². The van der Waals surface area contributed by atoms with E-state index in [9.17, 15) is 13.2 Å². The molecular formula is C20H21ClN2O4S. The van der Waals surface area contributed by atoms with Crippen molar-refractivity contribution in [1.82, 2.24) is 9.21 Å². The summed E-state index contributed by atoms with van der Waals surface area (Å²) >= 11 is 6.20. The van der Waals surface area contributed by atoms with E-state index in [4.69, 9.17) is 16.0 Å². The summed E-state index contributed by atoms with van der Waals surface area (Å²) in [6.45, 7) is 1.84. The minimum Gasteiger partial charge on any atom is -0.459 e. The summed E-state index contributed by atoms with van der Waals surface area (Å²) in [6, 6.07) is 13.2. The maximum Gasteiger partial charge on any atom is 0.255 e. The van der Waals surface area contributed by atoms with Gasteiger partial charge in [0.05, 0.1) is 21.5 Å². The van der Waals surface area contributed by atoms with Crippen LogP contribution in [-0.2, 0) is 10.0 Å². The second-order valence-electron chi connectivity index (χ2n) is 6.71. The molecule has 0 bridgehead atoms. The molecule has 1 aromatic heterocycles. The number of para-hydroxylation sites is 1. The van der Waals surface area contributed by atoms with Gasteiger partial charge in [-0.05, 0) is 37.3 Å². The highest BCUT2D eigenvalue weighted by atomic mass is 35.5. The second-order valence-corrected chi connectivity index (χ2v) is 9.27. The van der Waals surface area contributed by atoms with Gasteiger partial charge in [-0.3, -0.25) is 4.79 Å². The van der Waals surface area contributed by atoms with Crippen molar-refractivity contribution in [2.45, 2.75) is 17.9 Å². The first kappa shape index (κ1) is 20.4. The molecule has 6 nitrogen and oxygen atoms in total. The number of carbonyl (C=O) groups excluding carboxylic acids is 1. The Kier molecular flexibility index (Phi) is 5.52. The Bertz CT molecular complexity index is 1110. The van der Waals surface area contributed by atoms with Crippen molar-refractivity contribution >= 4 is 38.5 Å². The normalized spacial score (nSPS) is 13.1. The van der Waals surface area contributed by atoms with Crippen LogP contribution in [0.4, 0.5) is 0 Å². The first-order valence-electron chi connectivity index (χ1n) is 8.60. The number of halogens is 1. The number of rotatable bonds is 5. The van der Waals surface area contributed by atoms with Gasteiger partial charge in [0.15, 0.2) is 0 Å². The Balaban J connectivity index is 1.94. The van der Waals surface area contributed by atoms with E-state index in [1.807, 2.05) is 37.3 Å². The molecule has 0 spiro atoms. The standard InChI is InChI=1S/C20H21ClN2O4S/c1-13(19-11-14-7-5-6-8-18(14)27-19)23(4)20(24)16-12-15(9-10-17(16)21)28(25,26)22(2)3/h5-13H,1-4H3. The molecule has 1 unspecified atom stereocenters. The van der Waals surface area contributed by atoms with E-state index in [0.717, 1.165) is 15.3 Å². The maximum atomic E-state index is 13.0. The van der Waals surface area contributed by atoms with Crippen molar-refractivity contribution in [2.24, 2.45) is 0 Å². The van der Waals surface area contributed by atoms with Crippen LogP contribution in [0.3, 0.4) is 0 Å². The van der Waals surface area contributed by atoms with E-state index in [-0.39, 0.29) is 21.5 Å². The smallest absolute Gasteiger partial charge is 0.255 e. The zero-order valence-electron chi connectivity index (χ0n) is 16.0. The first-order valence-corrected chi connectivity index (χ1v) is 10.4. The summed E-state index contributed by atoms with van der Waals surface area (Å²) in [6.07, 6.45) is 0. The minimum absolute atomic E-state index is 0.00930. The van der Waals surface area contributed by atoms with Gasteiger partial charge in [-0.15, -0.1) is 0 Å². The van der Waals surface area contributed by atoms with Crippen molar-refractivity contribution in [2.75, 3.05) is 21.1 Å². The third-order valence-electron chi connectivity index (χ3n) is 4.70. The summed E-state index contributed by atoms with van der Waals surface area (Å²) in [7, 11) is 0.812. The minimum atomic E-state index is -3.68. The zero-order chi connectivity index (χ0) is 20.6. The van der Waals surface area contributed by atoms with Crippen molar-refractivity contribution in [3.63, 3.8) is 0 Å². The molecule has 0 aliphatic rings. The van der Waals surface area contributed by atoms with E-state index in [0.29, 0.717) is 5.76 Å². The fourth-order valence-corrected chi connectivity index (χ4v) is 3.93. The Morgan fingerprint density at radius 2 is 1.75 bits per heavy atom. The topological polar surface area (TPSA) is 70.8 Å². The molecule has 1 amide bonds. The molecule has 0 N–H and O–H groups in total. The lowest BCUT2D eigenvalue weighted by atomic mass is 10.1. The summed E-state index contributed by atoms with van der Waals surface area (Å²) in [5.41, 5.74) is 0.859. The van der Waals surface area contributed by atoms with Crippen LogP contribution in [0.2, 0.25) is 5.02 Å². The van der Waals surface area contributed by atoms with E-state index >= 15 is 0 Å². The highest BCUT2D eigenvalue weighted by Crippen LogP contribution is 2.29. The molecule has 28 heavy (non-hydrogen) atoms. The van der Waals surface area contributed by atoms with Crippen LogP contribution in [0.1, 0.15) is 29.1 Å². The fraction of sp³-hybridized carbons (Fsp3) is 0.250. The van der Waals surface area contributed by atoms with E-state index in [2.05, 4.69) is 0 Å². The van der Waals surface area contributed by atoms with Crippen LogP contribution in [0, 0.1) is 0 Å². The van der Waals surface area contributed by atoms with Gasteiger partial charge in [-0.25, -0.2) is 12.7 Å². The summed E-state index contributed by atoms with van der Waals surface area (Å²) < 4.78 is 31.7. The van der Waals surface area contributed by atoms with Crippen LogP contribution >= 0.6 is 11.6 Å². The van der Waals surface area contributed by atoms with Crippen LogP contribution in [0.15, 0.2) is 57.8 Å². The number of carbonyl (C=O) groups is 1. The Morgan fingerprint density at radius 1 is 1.07 bits per heavy atom. The van der Waals surface area contributed by atoms with Crippen LogP contribution in [0.5, 0.6) is 0 Å². The number of sulfonamides is 1. The quantitative estimate of drug-likeness (QED) is 0.621. The summed E-state index contributed by atoms with van der Waals surface area (Å²) in [5.74, 6) is 0.235. The average Bonchev–Trinajstić information content (AvgIpc) is 3.10. The van der Waals surface area contributed by atoms with Gasteiger partial charge in [-0.1, -0.05) is 29.8 Å². The number of nitrogens with zero attached hydrogens (tertiary/aromatic N) is 2. The number of amides is 1. The first-order chi connectivity index (χ1) is 13.1. The van der Waals surface area contributed by atoms with Gasteiger partial charge in [0.1, 0.15) is 11.3 Å². The molecule has 0 saturated heterocycles. The summed E-state index contributed by atoms with van der Waals surface area (Å²) in [5, 5.41) is 1.13. The Hall–Kier alpha value is -2.35. The van der Waals surface area contributed by atoms with Crippen molar-refractivity contribution < 1.29 is 17.6 Å². The maximum absolute atomic E-state index is 13.0. The number of fused-ring (bicyclic) bond motifs is 1. The molecule has 2 aromatic carbocycles. The number of hydrogen-bond acceptors (Lipinski definition) is 4. The lowest BCUT2D eigenvalue weighted by Crippen LogP contribution is -2.30. The molecule has 0 fully saturated rings. The van der Waals surface area contributed by atoms with Crippen LogP contribution < -0.4 is 0 Å². The molecule has 3 aromatic rings.